The molecular formula is C13H14O4. The number of benzene rings is 1. The summed E-state index contributed by atoms with van der Waals surface area (Å²) in [6.07, 6.45) is 1.37. The number of rotatable bonds is 2. The monoisotopic (exact) mass is 234 g/mol. The van der Waals surface area contributed by atoms with E-state index in [0.717, 1.165) is 0 Å². The number of phenols is 1. The predicted molar refractivity (Wildman–Crippen MR) is 61.3 cm³/mol. The quantitative estimate of drug-likeness (QED) is 0.792. The average molecular weight is 234 g/mol. The van der Waals surface area contributed by atoms with E-state index in [1.54, 1.807) is 12.1 Å². The predicted octanol–water partition coefficient (Wildman–Crippen LogP) is 1.81. The molecule has 1 aliphatic rings. The van der Waals surface area contributed by atoms with Crippen molar-refractivity contribution < 1.29 is 19.4 Å². The zero-order chi connectivity index (χ0) is 12.4. The van der Waals surface area contributed by atoms with Gasteiger partial charge in [-0.05, 0) is 18.6 Å². The van der Waals surface area contributed by atoms with Gasteiger partial charge in [0.15, 0.2) is 0 Å². The standard InChI is InChI=1S/C13H14O4/c1-17-11-7-3-6-10(16)13(11)12-8(14)4-2-5-9(12)15/h3,6-7,12,16H,2,4-5H2,1H3. The highest BCUT2D eigenvalue weighted by Crippen LogP contribution is 2.38. The van der Waals surface area contributed by atoms with E-state index in [-0.39, 0.29) is 17.3 Å². The Kier molecular flexibility index (Phi) is 3.13. The Labute approximate surface area is 99.2 Å². The second kappa shape index (κ2) is 4.57. The summed E-state index contributed by atoms with van der Waals surface area (Å²) in [7, 11) is 1.45. The van der Waals surface area contributed by atoms with Gasteiger partial charge in [-0.2, -0.15) is 0 Å². The van der Waals surface area contributed by atoms with Crippen molar-refractivity contribution in [1.29, 1.82) is 0 Å². The lowest BCUT2D eigenvalue weighted by atomic mass is 9.81. The van der Waals surface area contributed by atoms with E-state index in [2.05, 4.69) is 0 Å². The molecule has 0 bridgehead atoms. The molecule has 4 nitrogen and oxygen atoms in total. The molecule has 4 heteroatoms. The van der Waals surface area contributed by atoms with E-state index in [0.29, 0.717) is 30.6 Å². The number of hydrogen-bond acceptors (Lipinski definition) is 4. The number of carbonyl (C=O) groups excluding carboxylic acids is 2. The van der Waals surface area contributed by atoms with E-state index in [1.807, 2.05) is 0 Å². The molecule has 0 spiro atoms. The van der Waals surface area contributed by atoms with Crippen molar-refractivity contribution in [2.45, 2.75) is 25.2 Å². The first-order valence-corrected chi connectivity index (χ1v) is 5.56. The van der Waals surface area contributed by atoms with E-state index in [9.17, 15) is 14.7 Å². The van der Waals surface area contributed by atoms with Crippen molar-refractivity contribution in [2.75, 3.05) is 7.11 Å². The minimum atomic E-state index is -0.861. The highest BCUT2D eigenvalue weighted by Gasteiger charge is 2.35. The van der Waals surface area contributed by atoms with Crippen LogP contribution in [0.3, 0.4) is 0 Å². The summed E-state index contributed by atoms with van der Waals surface area (Å²) >= 11 is 0. The van der Waals surface area contributed by atoms with Gasteiger partial charge in [0.1, 0.15) is 29.0 Å². The van der Waals surface area contributed by atoms with Crippen LogP contribution in [-0.4, -0.2) is 23.8 Å². The fourth-order valence-electron chi connectivity index (χ4n) is 2.23. The topological polar surface area (TPSA) is 63.6 Å². The highest BCUT2D eigenvalue weighted by atomic mass is 16.5. The van der Waals surface area contributed by atoms with Gasteiger partial charge in [0.05, 0.1) is 12.7 Å². The van der Waals surface area contributed by atoms with Gasteiger partial charge in [0.2, 0.25) is 0 Å². The molecule has 0 unspecified atom stereocenters. The fraction of sp³-hybridized carbons (Fsp3) is 0.385. The third-order valence-corrected chi connectivity index (χ3v) is 3.04. The lowest BCUT2D eigenvalue weighted by molar-refractivity contribution is -0.131. The molecule has 17 heavy (non-hydrogen) atoms. The zero-order valence-electron chi connectivity index (χ0n) is 9.60. The third kappa shape index (κ3) is 2.02. The van der Waals surface area contributed by atoms with Crippen LogP contribution in [0.1, 0.15) is 30.7 Å². The lowest BCUT2D eigenvalue weighted by Crippen LogP contribution is -2.26. The first-order chi connectivity index (χ1) is 8.15. The summed E-state index contributed by atoms with van der Waals surface area (Å²) in [4.78, 5) is 23.7. The average Bonchev–Trinajstić information content (AvgIpc) is 2.30. The van der Waals surface area contributed by atoms with Gasteiger partial charge in [-0.25, -0.2) is 0 Å². The van der Waals surface area contributed by atoms with Crippen LogP contribution in [0.4, 0.5) is 0 Å². The van der Waals surface area contributed by atoms with Crippen LogP contribution in [0.5, 0.6) is 11.5 Å². The van der Waals surface area contributed by atoms with Gasteiger partial charge in [-0.1, -0.05) is 6.07 Å². The first-order valence-electron chi connectivity index (χ1n) is 5.56. The molecule has 1 fully saturated rings. The van der Waals surface area contributed by atoms with Gasteiger partial charge < -0.3 is 9.84 Å². The van der Waals surface area contributed by atoms with Crippen LogP contribution in [0.2, 0.25) is 0 Å². The molecule has 0 atom stereocenters. The Morgan fingerprint density at radius 1 is 1.24 bits per heavy atom. The van der Waals surface area contributed by atoms with Crippen LogP contribution in [0.15, 0.2) is 18.2 Å². The van der Waals surface area contributed by atoms with Crippen molar-refractivity contribution in [1.82, 2.24) is 0 Å². The molecule has 90 valence electrons. The maximum Gasteiger partial charge on any atom is 0.148 e. The Bertz CT molecular complexity index is 448. The molecule has 0 aromatic heterocycles. The van der Waals surface area contributed by atoms with Crippen LogP contribution >= 0.6 is 0 Å². The van der Waals surface area contributed by atoms with Crippen molar-refractivity contribution >= 4 is 11.6 Å². The number of aromatic hydroxyl groups is 1. The Morgan fingerprint density at radius 2 is 1.88 bits per heavy atom. The minimum absolute atomic E-state index is 0.0575. The maximum atomic E-state index is 11.8. The van der Waals surface area contributed by atoms with Crippen molar-refractivity contribution in [3.63, 3.8) is 0 Å². The molecule has 0 amide bonds. The number of Topliss-reactive ketones (excluding diaryl/α,β-unsaturated/α-hetero) is 2. The summed E-state index contributed by atoms with van der Waals surface area (Å²) in [5.41, 5.74) is 0.310. The molecule has 1 saturated carbocycles. The maximum absolute atomic E-state index is 11.8. The molecule has 2 rings (SSSR count). The molecule has 1 aliphatic carbocycles. The Balaban J connectivity index is 2.51. The number of phenolic OH excluding ortho intramolecular Hbond substituents is 1. The molecule has 0 radical (unpaired) electrons. The number of methoxy groups -OCH3 is 1. The Hall–Kier alpha value is -1.84. The first kappa shape index (κ1) is 11.6. The number of ether oxygens (including phenoxy) is 1. The van der Waals surface area contributed by atoms with Crippen LogP contribution < -0.4 is 4.74 Å². The molecule has 1 N–H and O–H groups in total. The Morgan fingerprint density at radius 3 is 2.47 bits per heavy atom. The number of ketones is 2. The number of carbonyl (C=O) groups is 2. The third-order valence-electron chi connectivity index (χ3n) is 3.04. The smallest absolute Gasteiger partial charge is 0.148 e. The van der Waals surface area contributed by atoms with Gasteiger partial charge in [0.25, 0.3) is 0 Å². The van der Waals surface area contributed by atoms with E-state index in [4.69, 9.17) is 4.74 Å². The summed E-state index contributed by atoms with van der Waals surface area (Å²) in [6.45, 7) is 0. The normalized spacial score (nSPS) is 17.2. The van der Waals surface area contributed by atoms with Crippen molar-refractivity contribution in [3.8, 4) is 11.5 Å². The minimum Gasteiger partial charge on any atom is -0.507 e. The van der Waals surface area contributed by atoms with Gasteiger partial charge in [-0.3, -0.25) is 9.59 Å². The van der Waals surface area contributed by atoms with Gasteiger partial charge >= 0.3 is 0 Å². The van der Waals surface area contributed by atoms with Crippen LogP contribution in [-0.2, 0) is 9.59 Å². The summed E-state index contributed by atoms with van der Waals surface area (Å²) in [5.74, 6) is -0.807. The molecule has 1 aromatic carbocycles. The summed E-state index contributed by atoms with van der Waals surface area (Å²) in [6, 6.07) is 4.73. The van der Waals surface area contributed by atoms with Gasteiger partial charge in [-0.15, -0.1) is 0 Å². The van der Waals surface area contributed by atoms with Crippen molar-refractivity contribution in [2.24, 2.45) is 0 Å². The van der Waals surface area contributed by atoms with Gasteiger partial charge in [0, 0.05) is 12.8 Å². The summed E-state index contributed by atoms with van der Waals surface area (Å²) in [5, 5.41) is 9.83. The van der Waals surface area contributed by atoms with E-state index in [1.165, 1.54) is 13.2 Å². The summed E-state index contributed by atoms with van der Waals surface area (Å²) < 4.78 is 5.11. The molecular weight excluding hydrogens is 220 g/mol. The second-order valence-corrected chi connectivity index (χ2v) is 4.11. The van der Waals surface area contributed by atoms with E-state index >= 15 is 0 Å². The highest BCUT2D eigenvalue weighted by molar-refractivity contribution is 6.10. The largest absolute Gasteiger partial charge is 0.507 e. The van der Waals surface area contributed by atoms with E-state index < -0.39 is 5.92 Å². The molecule has 0 saturated heterocycles. The SMILES string of the molecule is COc1cccc(O)c1C1C(=O)CCCC1=O. The molecule has 0 heterocycles. The zero-order valence-corrected chi connectivity index (χ0v) is 9.60. The number of hydrogen-bond donors (Lipinski definition) is 1. The van der Waals surface area contributed by atoms with Crippen LogP contribution in [0, 0.1) is 0 Å². The van der Waals surface area contributed by atoms with Crippen LogP contribution in [0.25, 0.3) is 0 Å². The second-order valence-electron chi connectivity index (χ2n) is 4.11. The lowest BCUT2D eigenvalue weighted by Gasteiger charge is -2.22. The fourth-order valence-corrected chi connectivity index (χ4v) is 2.23. The van der Waals surface area contributed by atoms with Crippen molar-refractivity contribution in [3.05, 3.63) is 23.8 Å². The molecule has 1 aromatic rings. The molecule has 0 aliphatic heterocycles.